The number of unbranched alkanes of at least 4 members (excludes halogenated alkanes) is 8. The fraction of sp³-hybridized carbons (Fsp3) is 0.500. The summed E-state index contributed by atoms with van der Waals surface area (Å²) in [6, 6.07) is 11.6. The molecule has 1 atom stereocenters. The number of anilines is 2. The third-order valence-corrected chi connectivity index (χ3v) is 7.92. The molecule has 38 heavy (non-hydrogen) atoms. The Morgan fingerprint density at radius 2 is 1.45 bits per heavy atom. The number of aromatic nitrogens is 4. The molecule has 0 spiro atoms. The number of imidazole rings is 2. The summed E-state index contributed by atoms with van der Waals surface area (Å²) < 4.78 is 3.77. The number of thioether (sulfide) groups is 1. The minimum Gasteiger partial charge on any atom is -0.383 e. The molecular weight excluding hydrogens is 492 g/mol. The molecule has 0 aliphatic carbocycles. The van der Waals surface area contributed by atoms with Crippen LogP contribution in [0.15, 0.2) is 61.2 Å². The van der Waals surface area contributed by atoms with Crippen molar-refractivity contribution in [2.45, 2.75) is 89.7 Å². The first-order valence-corrected chi connectivity index (χ1v) is 15.2. The Labute approximate surface area is 231 Å². The third-order valence-electron chi connectivity index (χ3n) is 6.54. The Morgan fingerprint density at radius 3 is 2.16 bits per heavy atom. The van der Waals surface area contributed by atoms with E-state index in [9.17, 15) is 4.79 Å². The second-order valence-electron chi connectivity index (χ2n) is 9.65. The van der Waals surface area contributed by atoms with E-state index in [2.05, 4.69) is 29.1 Å². The number of rotatable bonds is 15. The number of nitrogens with two attached hydrogens (primary N) is 1. The van der Waals surface area contributed by atoms with Crippen LogP contribution in [0.5, 0.6) is 0 Å². The average Bonchev–Trinajstić information content (AvgIpc) is 3.53. The van der Waals surface area contributed by atoms with Crippen molar-refractivity contribution in [1.29, 1.82) is 0 Å². The number of nitrogen functional groups attached to an aromatic ring is 1. The molecule has 0 aliphatic heterocycles. The van der Waals surface area contributed by atoms with Crippen LogP contribution in [0.4, 0.5) is 11.6 Å². The van der Waals surface area contributed by atoms with Crippen molar-refractivity contribution in [3.63, 3.8) is 0 Å². The van der Waals surface area contributed by atoms with E-state index >= 15 is 0 Å². The van der Waals surface area contributed by atoms with Gasteiger partial charge in [-0.25, -0.2) is 9.97 Å². The number of hydrogen-bond acceptors (Lipinski definition) is 5. The Balaban J connectivity index is 0.000000329. The van der Waals surface area contributed by atoms with E-state index in [1.165, 1.54) is 57.8 Å². The van der Waals surface area contributed by atoms with Gasteiger partial charge in [-0.05, 0) is 42.9 Å². The van der Waals surface area contributed by atoms with Crippen LogP contribution in [-0.4, -0.2) is 35.7 Å². The normalized spacial score (nSPS) is 11.8. The lowest BCUT2D eigenvalue weighted by molar-refractivity contribution is -0.115. The number of pyridine rings is 2. The SMILES string of the molecule is CCCCCCCCC(SCCCCCC)C(=O)Nc1cnc2ccccn12.Nc1cnc2ccccn12. The van der Waals surface area contributed by atoms with Gasteiger partial charge in [-0.15, -0.1) is 11.8 Å². The van der Waals surface area contributed by atoms with E-state index in [1.807, 2.05) is 69.4 Å². The number of carbonyl (C=O) groups excluding carboxylic acids is 1. The van der Waals surface area contributed by atoms with Crippen molar-refractivity contribution in [3.05, 3.63) is 61.2 Å². The molecular formula is C30H44N6OS. The summed E-state index contributed by atoms with van der Waals surface area (Å²) in [5, 5.41) is 3.15. The molecule has 1 amide bonds. The summed E-state index contributed by atoms with van der Waals surface area (Å²) in [6.45, 7) is 4.48. The van der Waals surface area contributed by atoms with E-state index < -0.39 is 0 Å². The molecule has 0 saturated carbocycles. The van der Waals surface area contributed by atoms with Gasteiger partial charge < -0.3 is 11.1 Å². The maximum absolute atomic E-state index is 13.0. The minimum atomic E-state index is 0.0297. The molecule has 3 N–H and O–H groups in total. The highest BCUT2D eigenvalue weighted by Gasteiger charge is 2.20. The fourth-order valence-electron chi connectivity index (χ4n) is 4.34. The zero-order valence-corrected chi connectivity index (χ0v) is 23.8. The number of fused-ring (bicyclic) bond motifs is 2. The summed E-state index contributed by atoms with van der Waals surface area (Å²) in [6.07, 6.45) is 20.8. The van der Waals surface area contributed by atoms with Crippen LogP contribution in [-0.2, 0) is 4.79 Å². The van der Waals surface area contributed by atoms with Crippen LogP contribution < -0.4 is 11.1 Å². The molecule has 4 heterocycles. The average molecular weight is 537 g/mol. The zero-order valence-electron chi connectivity index (χ0n) is 23.0. The molecule has 8 heteroatoms. The first-order chi connectivity index (χ1) is 18.6. The highest BCUT2D eigenvalue weighted by molar-refractivity contribution is 8.00. The van der Waals surface area contributed by atoms with Gasteiger partial charge in [-0.3, -0.25) is 13.6 Å². The van der Waals surface area contributed by atoms with Crippen LogP contribution in [0.25, 0.3) is 11.3 Å². The first kappa shape index (κ1) is 29.6. The van der Waals surface area contributed by atoms with Crippen molar-refractivity contribution in [1.82, 2.24) is 18.8 Å². The second kappa shape index (κ2) is 16.8. The highest BCUT2D eigenvalue weighted by atomic mass is 32.2. The van der Waals surface area contributed by atoms with Gasteiger partial charge in [0.25, 0.3) is 0 Å². The summed E-state index contributed by atoms with van der Waals surface area (Å²) in [5.74, 6) is 2.64. The smallest absolute Gasteiger partial charge is 0.238 e. The van der Waals surface area contributed by atoms with Gasteiger partial charge in [0, 0.05) is 12.4 Å². The van der Waals surface area contributed by atoms with Crippen LogP contribution in [0, 0.1) is 0 Å². The van der Waals surface area contributed by atoms with Gasteiger partial charge in [-0.1, -0.05) is 83.8 Å². The molecule has 0 radical (unpaired) electrons. The number of nitrogens with zero attached hydrogens (tertiary/aromatic N) is 4. The van der Waals surface area contributed by atoms with Gasteiger partial charge >= 0.3 is 0 Å². The predicted octanol–water partition coefficient (Wildman–Crippen LogP) is 7.62. The van der Waals surface area contributed by atoms with Crippen LogP contribution in [0.3, 0.4) is 0 Å². The molecule has 4 aromatic heterocycles. The van der Waals surface area contributed by atoms with Crippen molar-refractivity contribution < 1.29 is 4.79 Å². The van der Waals surface area contributed by atoms with Gasteiger partial charge in [0.15, 0.2) is 0 Å². The summed E-state index contributed by atoms with van der Waals surface area (Å²) in [5.41, 5.74) is 7.32. The maximum atomic E-state index is 13.0. The summed E-state index contributed by atoms with van der Waals surface area (Å²) in [7, 11) is 0. The second-order valence-corrected chi connectivity index (χ2v) is 11.0. The summed E-state index contributed by atoms with van der Waals surface area (Å²) >= 11 is 1.83. The summed E-state index contributed by atoms with van der Waals surface area (Å²) in [4.78, 5) is 21.4. The van der Waals surface area contributed by atoms with E-state index in [4.69, 9.17) is 5.73 Å². The number of amides is 1. The topological polar surface area (TPSA) is 89.7 Å². The zero-order chi connectivity index (χ0) is 27.0. The van der Waals surface area contributed by atoms with Gasteiger partial charge in [0.1, 0.15) is 22.9 Å². The van der Waals surface area contributed by atoms with Crippen molar-refractivity contribution in [3.8, 4) is 0 Å². The quantitative estimate of drug-likeness (QED) is 0.153. The van der Waals surface area contributed by atoms with E-state index in [-0.39, 0.29) is 11.2 Å². The van der Waals surface area contributed by atoms with Crippen LogP contribution >= 0.6 is 11.8 Å². The molecule has 4 rings (SSSR count). The molecule has 0 saturated heterocycles. The Hall–Kier alpha value is -3.00. The molecule has 4 aromatic rings. The fourth-order valence-corrected chi connectivity index (χ4v) is 5.54. The standard InChI is InChI=1S/C23H37N3OS.C7H7N3/c1-3-5-7-9-10-11-15-20(28-18-14-8-6-4-2)23(27)25-22-19-24-21-16-12-13-17-26(21)22;8-6-5-9-7-3-1-2-4-10(6)7/h12-13,16-17,19-20H,3-11,14-15,18H2,1-2H3,(H,25,27);1-5H,8H2. The monoisotopic (exact) mass is 536 g/mol. The molecule has 7 nitrogen and oxygen atoms in total. The Bertz CT molecular complexity index is 1220. The van der Waals surface area contributed by atoms with Gasteiger partial charge in [-0.2, -0.15) is 0 Å². The minimum absolute atomic E-state index is 0.0297. The maximum Gasteiger partial charge on any atom is 0.238 e. The van der Waals surface area contributed by atoms with Crippen molar-refractivity contribution in [2.75, 3.05) is 16.8 Å². The van der Waals surface area contributed by atoms with Crippen molar-refractivity contribution in [2.24, 2.45) is 0 Å². The van der Waals surface area contributed by atoms with Crippen LogP contribution in [0.1, 0.15) is 84.5 Å². The molecule has 0 bridgehead atoms. The number of hydrogen-bond donors (Lipinski definition) is 2. The largest absolute Gasteiger partial charge is 0.383 e. The molecule has 206 valence electrons. The van der Waals surface area contributed by atoms with E-state index in [0.29, 0.717) is 5.82 Å². The van der Waals surface area contributed by atoms with Crippen LogP contribution in [0.2, 0.25) is 0 Å². The lowest BCUT2D eigenvalue weighted by Gasteiger charge is -2.16. The molecule has 0 fully saturated rings. The molecule has 0 aliphatic rings. The first-order valence-electron chi connectivity index (χ1n) is 14.2. The lowest BCUT2D eigenvalue weighted by atomic mass is 10.1. The van der Waals surface area contributed by atoms with Gasteiger partial charge in [0.05, 0.1) is 17.6 Å². The van der Waals surface area contributed by atoms with E-state index in [1.54, 1.807) is 12.4 Å². The number of carbonyl (C=O) groups is 1. The number of nitrogens with one attached hydrogen (secondary N) is 1. The van der Waals surface area contributed by atoms with Crippen molar-refractivity contribution >= 4 is 40.6 Å². The molecule has 1 unspecified atom stereocenters. The van der Waals surface area contributed by atoms with Gasteiger partial charge in [0.2, 0.25) is 5.91 Å². The Morgan fingerprint density at radius 1 is 0.842 bits per heavy atom. The lowest BCUT2D eigenvalue weighted by Crippen LogP contribution is -2.26. The van der Waals surface area contributed by atoms with E-state index in [0.717, 1.165) is 35.7 Å². The Kier molecular flexibility index (Phi) is 13.0. The highest BCUT2D eigenvalue weighted by Crippen LogP contribution is 2.23. The predicted molar refractivity (Wildman–Crippen MR) is 162 cm³/mol. The molecule has 0 aromatic carbocycles. The third kappa shape index (κ3) is 9.39.